The van der Waals surface area contributed by atoms with Crippen molar-refractivity contribution >= 4 is 0 Å². The van der Waals surface area contributed by atoms with Crippen LogP contribution >= 0.6 is 0 Å². The molecule has 1 aromatic heterocycles. The smallest absolute Gasteiger partial charge is 0.265 e. The molecule has 0 aromatic carbocycles. The van der Waals surface area contributed by atoms with E-state index in [0.717, 1.165) is 0 Å². The molecule has 0 N–H and O–H groups in total. The second-order valence-electron chi connectivity index (χ2n) is 2.54. The monoisotopic (exact) mass is 166 g/mol. The van der Waals surface area contributed by atoms with Gasteiger partial charge in [0.05, 0.1) is 5.69 Å². The van der Waals surface area contributed by atoms with Gasteiger partial charge in [0.2, 0.25) is 0 Å². The lowest BCUT2D eigenvalue weighted by Crippen LogP contribution is -2.20. The molecule has 1 aromatic rings. The molecule has 0 fully saturated rings. The third-order valence-corrected chi connectivity index (χ3v) is 1.63. The average Bonchev–Trinajstić information content (AvgIpc) is 2.01. The second-order valence-corrected chi connectivity index (χ2v) is 2.54. The highest BCUT2D eigenvalue weighted by Crippen LogP contribution is 2.04. The van der Waals surface area contributed by atoms with Gasteiger partial charge < -0.3 is 0 Å². The zero-order valence-corrected chi connectivity index (χ0v) is 6.76. The van der Waals surface area contributed by atoms with Crippen molar-refractivity contribution in [3.8, 4) is 6.07 Å². The molecule has 0 spiro atoms. The molecule has 3 nitrogen and oxygen atoms in total. The zero-order chi connectivity index (χ0) is 9.30. The normalized spacial score (nSPS) is 9.50. The zero-order valence-electron chi connectivity index (χ0n) is 6.76. The number of pyridine rings is 1. The summed E-state index contributed by atoms with van der Waals surface area (Å²) < 4.78 is 12.8. The van der Waals surface area contributed by atoms with E-state index in [9.17, 15) is 9.28 Å². The van der Waals surface area contributed by atoms with Crippen molar-refractivity contribution in [3.63, 3.8) is 0 Å². The lowest BCUT2D eigenvalue weighted by molar-refractivity contribution is 0.341. The standard InChI is InChI=1S/C8H7FN2O/c1-5-3-6(2)11(9)8(12)7(5)4-10/h3H,1-2H3. The van der Waals surface area contributed by atoms with E-state index < -0.39 is 5.56 Å². The van der Waals surface area contributed by atoms with E-state index in [-0.39, 0.29) is 16.0 Å². The summed E-state index contributed by atoms with van der Waals surface area (Å²) in [4.78, 5) is 11.0. The molecule has 4 heteroatoms. The Morgan fingerprint density at radius 1 is 1.58 bits per heavy atom. The molecule has 1 heterocycles. The van der Waals surface area contributed by atoms with Gasteiger partial charge in [-0.15, -0.1) is 4.79 Å². The van der Waals surface area contributed by atoms with Gasteiger partial charge >= 0.3 is 0 Å². The number of aromatic nitrogens is 1. The number of nitrogens with zero attached hydrogens (tertiary/aromatic N) is 2. The highest BCUT2D eigenvalue weighted by Gasteiger charge is 2.08. The van der Waals surface area contributed by atoms with Crippen LogP contribution in [0.1, 0.15) is 16.8 Å². The first-order valence-corrected chi connectivity index (χ1v) is 3.37. The quantitative estimate of drug-likeness (QED) is 0.578. The minimum atomic E-state index is -0.880. The van der Waals surface area contributed by atoms with E-state index in [1.807, 2.05) is 0 Å². The van der Waals surface area contributed by atoms with E-state index in [2.05, 4.69) is 0 Å². The lowest BCUT2D eigenvalue weighted by Gasteiger charge is -2.00. The summed E-state index contributed by atoms with van der Waals surface area (Å²) >= 11 is 0. The van der Waals surface area contributed by atoms with E-state index in [1.165, 1.54) is 13.0 Å². The van der Waals surface area contributed by atoms with E-state index in [1.54, 1.807) is 13.0 Å². The van der Waals surface area contributed by atoms with Gasteiger partial charge in [-0.1, -0.05) is 4.48 Å². The first-order valence-electron chi connectivity index (χ1n) is 3.37. The molecule has 0 aliphatic carbocycles. The molecule has 0 unspecified atom stereocenters. The maximum absolute atomic E-state index is 12.8. The number of aryl methyl sites for hydroxylation is 2. The van der Waals surface area contributed by atoms with Gasteiger partial charge in [0.15, 0.2) is 0 Å². The van der Waals surface area contributed by atoms with Gasteiger partial charge in [-0.3, -0.25) is 4.79 Å². The molecule has 12 heavy (non-hydrogen) atoms. The van der Waals surface area contributed by atoms with Gasteiger partial charge in [-0.25, -0.2) is 0 Å². The molecule has 0 saturated carbocycles. The van der Waals surface area contributed by atoms with Crippen LogP contribution in [0.5, 0.6) is 0 Å². The Bertz CT molecular complexity index is 414. The highest BCUT2D eigenvalue weighted by molar-refractivity contribution is 5.35. The molecule has 0 aliphatic heterocycles. The Morgan fingerprint density at radius 3 is 2.67 bits per heavy atom. The number of halogens is 1. The Balaban J connectivity index is 3.66. The van der Waals surface area contributed by atoms with Crippen molar-refractivity contribution in [1.29, 1.82) is 5.26 Å². The van der Waals surface area contributed by atoms with Crippen LogP contribution in [0.4, 0.5) is 4.48 Å². The van der Waals surface area contributed by atoms with Crippen molar-refractivity contribution in [2.75, 3.05) is 0 Å². The molecule has 0 aliphatic rings. The average molecular weight is 166 g/mol. The van der Waals surface area contributed by atoms with E-state index in [0.29, 0.717) is 5.56 Å². The van der Waals surface area contributed by atoms with Crippen molar-refractivity contribution in [1.82, 2.24) is 4.79 Å². The van der Waals surface area contributed by atoms with Gasteiger partial charge in [0, 0.05) is 0 Å². The number of hydrogen-bond acceptors (Lipinski definition) is 2. The fourth-order valence-electron chi connectivity index (χ4n) is 1.01. The van der Waals surface area contributed by atoms with Crippen molar-refractivity contribution < 1.29 is 4.48 Å². The fraction of sp³-hybridized carbons (Fsp3) is 0.250. The summed E-state index contributed by atoms with van der Waals surface area (Å²) in [5.41, 5.74) is -0.302. The molecule has 0 saturated heterocycles. The maximum Gasteiger partial charge on any atom is 0.296 e. The van der Waals surface area contributed by atoms with Gasteiger partial charge in [0.25, 0.3) is 5.56 Å². The maximum atomic E-state index is 12.8. The van der Waals surface area contributed by atoms with Crippen LogP contribution < -0.4 is 5.56 Å². The van der Waals surface area contributed by atoms with Crippen LogP contribution in [0.2, 0.25) is 0 Å². The minimum absolute atomic E-state index is 0.0223. The molecule has 0 amide bonds. The number of rotatable bonds is 0. The molecule has 62 valence electrons. The summed E-state index contributed by atoms with van der Waals surface area (Å²) in [6, 6.07) is 3.12. The Morgan fingerprint density at radius 2 is 2.17 bits per heavy atom. The molecule has 0 radical (unpaired) electrons. The summed E-state index contributed by atoms with van der Waals surface area (Å²) in [5.74, 6) is 0. The lowest BCUT2D eigenvalue weighted by atomic mass is 10.1. The van der Waals surface area contributed by atoms with Crippen LogP contribution in [0.15, 0.2) is 10.9 Å². The molecule has 1 rings (SSSR count). The third-order valence-electron chi connectivity index (χ3n) is 1.63. The molecule has 0 atom stereocenters. The van der Waals surface area contributed by atoms with Crippen molar-refractivity contribution in [2.24, 2.45) is 0 Å². The summed E-state index contributed by atoms with van der Waals surface area (Å²) in [7, 11) is 0. The third kappa shape index (κ3) is 1.10. The van der Waals surface area contributed by atoms with Crippen LogP contribution in [-0.4, -0.2) is 4.79 Å². The van der Waals surface area contributed by atoms with Gasteiger partial charge in [-0.2, -0.15) is 5.26 Å². The Kier molecular flexibility index (Phi) is 1.96. The number of hydrogen-bond donors (Lipinski definition) is 0. The SMILES string of the molecule is Cc1cc(C)n(F)c(=O)c1C#N. The Labute approximate surface area is 68.6 Å². The topological polar surface area (TPSA) is 45.8 Å². The molecular weight excluding hydrogens is 159 g/mol. The van der Waals surface area contributed by atoms with Gasteiger partial charge in [0.1, 0.15) is 11.6 Å². The summed E-state index contributed by atoms with van der Waals surface area (Å²) in [6.45, 7) is 3.07. The van der Waals surface area contributed by atoms with E-state index in [4.69, 9.17) is 5.26 Å². The summed E-state index contributed by atoms with van der Waals surface area (Å²) in [6.07, 6.45) is 0. The minimum Gasteiger partial charge on any atom is -0.265 e. The van der Waals surface area contributed by atoms with Crippen LogP contribution in [0, 0.1) is 25.2 Å². The largest absolute Gasteiger partial charge is 0.296 e. The molecular formula is C8H7FN2O. The predicted molar refractivity (Wildman–Crippen MR) is 41.4 cm³/mol. The number of nitriles is 1. The highest BCUT2D eigenvalue weighted by atomic mass is 19.2. The van der Waals surface area contributed by atoms with Crippen LogP contribution in [-0.2, 0) is 0 Å². The van der Waals surface area contributed by atoms with Crippen molar-refractivity contribution in [2.45, 2.75) is 13.8 Å². The van der Waals surface area contributed by atoms with Crippen molar-refractivity contribution in [3.05, 3.63) is 33.2 Å². The predicted octanol–water partition coefficient (Wildman–Crippen LogP) is 1.07. The first kappa shape index (κ1) is 8.47. The Hall–Kier alpha value is -1.63. The van der Waals surface area contributed by atoms with Gasteiger partial charge in [-0.05, 0) is 25.5 Å². The van der Waals surface area contributed by atoms with Crippen LogP contribution in [0.3, 0.4) is 0 Å². The van der Waals surface area contributed by atoms with E-state index >= 15 is 0 Å². The molecule has 0 bridgehead atoms. The second kappa shape index (κ2) is 2.78. The first-order chi connectivity index (χ1) is 5.57. The van der Waals surface area contributed by atoms with Crippen LogP contribution in [0.25, 0.3) is 0 Å². The summed E-state index contributed by atoms with van der Waals surface area (Å²) in [5, 5.41) is 8.48. The fourth-order valence-corrected chi connectivity index (χ4v) is 1.01.